The Morgan fingerprint density at radius 1 is 0.875 bits per heavy atom. The molecule has 1 fully saturated rings. The zero-order valence-electron chi connectivity index (χ0n) is 22.0. The van der Waals surface area contributed by atoms with Crippen LogP contribution in [0.25, 0.3) is 6.08 Å². The number of β-lactam (4-membered cyclic amide) rings is 1. The molecule has 0 unspecified atom stereocenters. The van der Waals surface area contributed by atoms with E-state index >= 15 is 0 Å². The summed E-state index contributed by atoms with van der Waals surface area (Å²) in [5.41, 5.74) is 2.61. The van der Waals surface area contributed by atoms with Gasteiger partial charge in [0.25, 0.3) is 0 Å². The summed E-state index contributed by atoms with van der Waals surface area (Å²) < 4.78 is 10.6. The molecular weight excluding hydrogens is 508 g/mol. The molecule has 0 aliphatic carbocycles. The molecule has 0 radical (unpaired) electrons. The highest BCUT2D eigenvalue weighted by molar-refractivity contribution is 5.99. The van der Waals surface area contributed by atoms with E-state index in [4.69, 9.17) is 14.9 Å². The van der Waals surface area contributed by atoms with E-state index in [9.17, 15) is 14.4 Å². The molecule has 206 valence electrons. The minimum absolute atomic E-state index is 0.0132. The van der Waals surface area contributed by atoms with Crippen molar-refractivity contribution < 1.29 is 23.9 Å². The van der Waals surface area contributed by atoms with E-state index in [1.807, 2.05) is 103 Å². The summed E-state index contributed by atoms with van der Waals surface area (Å²) in [5, 5.41) is 13.6. The number of ether oxygens (including phenoxy) is 2. The van der Waals surface area contributed by atoms with E-state index in [0.717, 1.165) is 21.6 Å². The normalized spacial score (nSPS) is 15.9. The lowest BCUT2D eigenvalue weighted by molar-refractivity contribution is -0.133. The average molecular weight is 541 g/mol. The van der Waals surface area contributed by atoms with Crippen LogP contribution in [0.5, 0.6) is 0 Å². The molecule has 1 aliphatic rings. The summed E-state index contributed by atoms with van der Waals surface area (Å²) in [6.45, 7) is 0.108. The summed E-state index contributed by atoms with van der Waals surface area (Å²) in [5.74, 6) is -0.770. The molecule has 0 bridgehead atoms. The lowest BCUT2D eigenvalue weighted by Gasteiger charge is -2.35. The Balaban J connectivity index is 1.33. The maximum Gasteiger partial charge on any atom is 0.416 e. The molecule has 0 spiro atoms. The second kappa shape index (κ2) is 14.3. The van der Waals surface area contributed by atoms with Crippen LogP contribution in [-0.2, 0) is 27.5 Å². The number of benzene rings is 3. The highest BCUT2D eigenvalue weighted by Gasteiger charge is 2.37. The van der Waals surface area contributed by atoms with Crippen molar-refractivity contribution in [2.75, 3.05) is 6.54 Å². The molecule has 40 heavy (non-hydrogen) atoms. The van der Waals surface area contributed by atoms with Crippen molar-refractivity contribution >= 4 is 30.1 Å². The van der Waals surface area contributed by atoms with Crippen LogP contribution in [0.2, 0.25) is 0 Å². The predicted molar refractivity (Wildman–Crippen MR) is 151 cm³/mol. The van der Waals surface area contributed by atoms with Gasteiger partial charge >= 0.3 is 12.2 Å². The van der Waals surface area contributed by atoms with Crippen LogP contribution in [0.3, 0.4) is 0 Å². The molecule has 1 aliphatic heterocycles. The van der Waals surface area contributed by atoms with E-state index < -0.39 is 18.1 Å². The SMILES string of the molecule is N=C(NC(=O)OCc1ccccc1)N(CCC[C@@H]1C(=O)N[C@H]1C=Cc1ccccc1)C(=O)OCc1ccccc1. The van der Waals surface area contributed by atoms with Crippen LogP contribution in [0.1, 0.15) is 29.5 Å². The number of guanidine groups is 1. The highest BCUT2D eigenvalue weighted by Crippen LogP contribution is 2.23. The Morgan fingerprint density at radius 3 is 2.05 bits per heavy atom. The minimum atomic E-state index is -0.862. The fourth-order valence-corrected chi connectivity index (χ4v) is 4.19. The Hall–Kier alpha value is -4.92. The van der Waals surface area contributed by atoms with Gasteiger partial charge in [-0.05, 0) is 29.5 Å². The summed E-state index contributed by atoms with van der Waals surface area (Å²) in [7, 11) is 0. The molecule has 1 heterocycles. The molecule has 3 aromatic rings. The van der Waals surface area contributed by atoms with Gasteiger partial charge in [-0.25, -0.2) is 14.5 Å². The smallest absolute Gasteiger partial charge is 0.416 e. The fourth-order valence-electron chi connectivity index (χ4n) is 4.19. The second-order valence-corrected chi connectivity index (χ2v) is 9.28. The molecule has 1 saturated heterocycles. The molecular formula is C31H32N4O5. The number of carbonyl (C=O) groups is 3. The van der Waals surface area contributed by atoms with Crippen LogP contribution < -0.4 is 10.6 Å². The van der Waals surface area contributed by atoms with Gasteiger partial charge in [0.15, 0.2) is 0 Å². The Kier molecular flexibility index (Phi) is 10.0. The van der Waals surface area contributed by atoms with Crippen molar-refractivity contribution in [3.8, 4) is 0 Å². The first-order valence-electron chi connectivity index (χ1n) is 13.1. The largest absolute Gasteiger partial charge is 0.444 e. The number of nitrogens with one attached hydrogen (secondary N) is 3. The molecule has 3 amide bonds. The first-order valence-corrected chi connectivity index (χ1v) is 13.1. The van der Waals surface area contributed by atoms with Gasteiger partial charge in [0.1, 0.15) is 13.2 Å². The maximum atomic E-state index is 12.9. The standard InChI is InChI=1S/C31H32N4O5/c32-29(34-30(37)39-21-24-13-6-2-7-14-24)35(31(38)40-22-25-15-8-3-9-16-25)20-10-17-26-27(33-28(26)36)19-18-23-11-4-1-5-12-23/h1-9,11-16,18-19,26-27H,10,17,20-22H2,(H,33,36)(H2,32,34,37)/t26-,27-/m0/s1. The number of hydrogen-bond donors (Lipinski definition) is 3. The quantitative estimate of drug-likeness (QED) is 0.188. The van der Waals surface area contributed by atoms with Crippen LogP contribution in [0.4, 0.5) is 9.59 Å². The summed E-state index contributed by atoms with van der Waals surface area (Å²) >= 11 is 0. The zero-order valence-corrected chi connectivity index (χ0v) is 22.0. The first-order chi connectivity index (χ1) is 19.5. The monoisotopic (exact) mass is 540 g/mol. The molecule has 0 aromatic heterocycles. The number of hydrogen-bond acceptors (Lipinski definition) is 6. The van der Waals surface area contributed by atoms with E-state index in [1.54, 1.807) is 0 Å². The van der Waals surface area contributed by atoms with Gasteiger partial charge in [-0.1, -0.05) is 103 Å². The number of alkyl carbamates (subject to hydrolysis) is 1. The third-order valence-electron chi connectivity index (χ3n) is 6.40. The minimum Gasteiger partial charge on any atom is -0.444 e. The molecule has 9 nitrogen and oxygen atoms in total. The van der Waals surface area contributed by atoms with E-state index in [-0.39, 0.29) is 37.6 Å². The van der Waals surface area contributed by atoms with Crippen molar-refractivity contribution in [3.63, 3.8) is 0 Å². The van der Waals surface area contributed by atoms with Gasteiger partial charge in [0.05, 0.1) is 12.0 Å². The lowest BCUT2D eigenvalue weighted by Crippen LogP contribution is -2.57. The summed E-state index contributed by atoms with van der Waals surface area (Å²) in [6, 6.07) is 28.0. The van der Waals surface area contributed by atoms with E-state index in [2.05, 4.69) is 10.6 Å². The highest BCUT2D eigenvalue weighted by atomic mass is 16.6. The van der Waals surface area contributed by atoms with Gasteiger partial charge in [-0.3, -0.25) is 15.5 Å². The lowest BCUT2D eigenvalue weighted by atomic mass is 9.86. The Labute approximate surface area is 233 Å². The number of carbonyl (C=O) groups excluding carboxylic acids is 3. The third-order valence-corrected chi connectivity index (χ3v) is 6.40. The van der Waals surface area contributed by atoms with Crippen molar-refractivity contribution in [1.29, 1.82) is 5.41 Å². The first kappa shape index (κ1) is 28.1. The van der Waals surface area contributed by atoms with E-state index in [0.29, 0.717) is 12.8 Å². The van der Waals surface area contributed by atoms with Crippen LogP contribution in [0.15, 0.2) is 97.1 Å². The Bertz CT molecular complexity index is 1320. The molecule has 0 saturated carbocycles. The second-order valence-electron chi connectivity index (χ2n) is 9.28. The fraction of sp³-hybridized carbons (Fsp3) is 0.226. The molecule has 9 heteroatoms. The Morgan fingerprint density at radius 2 is 1.45 bits per heavy atom. The van der Waals surface area contributed by atoms with Gasteiger partial charge in [-0.15, -0.1) is 0 Å². The molecule has 4 rings (SSSR count). The zero-order chi connectivity index (χ0) is 28.2. The van der Waals surface area contributed by atoms with Gasteiger partial charge in [0, 0.05) is 6.54 Å². The van der Waals surface area contributed by atoms with Crippen molar-refractivity contribution in [2.24, 2.45) is 5.92 Å². The number of amides is 3. The van der Waals surface area contributed by atoms with Crippen molar-refractivity contribution in [2.45, 2.75) is 32.1 Å². The third kappa shape index (κ3) is 8.29. The summed E-state index contributed by atoms with van der Waals surface area (Å²) in [6.07, 6.45) is 3.18. The summed E-state index contributed by atoms with van der Waals surface area (Å²) in [4.78, 5) is 38.5. The molecule has 3 aromatic carbocycles. The average Bonchev–Trinajstić information content (AvgIpc) is 2.98. The number of rotatable bonds is 10. The predicted octanol–water partition coefficient (Wildman–Crippen LogP) is 5.09. The van der Waals surface area contributed by atoms with Crippen LogP contribution in [-0.4, -0.2) is 41.5 Å². The topological polar surface area (TPSA) is 121 Å². The van der Waals surface area contributed by atoms with Gasteiger partial charge < -0.3 is 14.8 Å². The van der Waals surface area contributed by atoms with Crippen molar-refractivity contribution in [3.05, 3.63) is 114 Å². The van der Waals surface area contributed by atoms with Gasteiger partial charge in [-0.2, -0.15) is 0 Å². The molecule has 2 atom stereocenters. The van der Waals surface area contributed by atoms with Crippen molar-refractivity contribution in [1.82, 2.24) is 15.5 Å². The van der Waals surface area contributed by atoms with Crippen LogP contribution >= 0.6 is 0 Å². The molecule has 3 N–H and O–H groups in total. The van der Waals surface area contributed by atoms with E-state index in [1.165, 1.54) is 0 Å². The van der Waals surface area contributed by atoms with Gasteiger partial charge in [0.2, 0.25) is 11.9 Å². The number of nitrogens with zero attached hydrogens (tertiary/aromatic N) is 1. The van der Waals surface area contributed by atoms with Crippen LogP contribution in [0, 0.1) is 11.3 Å². The maximum absolute atomic E-state index is 12.9.